The Kier molecular flexibility index (Phi) is 2.88. The van der Waals surface area contributed by atoms with Crippen molar-refractivity contribution in [1.82, 2.24) is 0 Å². The molecule has 0 aliphatic carbocycles. The second-order valence-electron chi connectivity index (χ2n) is 3.09. The first-order valence-electron chi connectivity index (χ1n) is 4.06. The van der Waals surface area contributed by atoms with Gasteiger partial charge >= 0.3 is 5.97 Å². The van der Waals surface area contributed by atoms with E-state index in [1.54, 1.807) is 0 Å². The summed E-state index contributed by atoms with van der Waals surface area (Å²) in [6, 6.07) is 0. The molecule has 0 bridgehead atoms. The number of hydrogen-bond acceptors (Lipinski definition) is 3. The molecule has 3 nitrogen and oxygen atoms in total. The van der Waals surface area contributed by atoms with E-state index in [1.165, 1.54) is 0 Å². The molecule has 1 aliphatic heterocycles. The van der Waals surface area contributed by atoms with Gasteiger partial charge in [-0.25, -0.2) is 0 Å². The van der Waals surface area contributed by atoms with Gasteiger partial charge < -0.3 is 9.84 Å². The molecular weight excluding hydrogens is 144 g/mol. The standard InChI is InChI=1S/C8H14O3/c1-6-3-2-4-7(9)5-8(10)11-6/h6-7,9H,2-5H2,1H3. The molecule has 1 heterocycles. The van der Waals surface area contributed by atoms with Gasteiger partial charge in [-0.2, -0.15) is 0 Å². The van der Waals surface area contributed by atoms with Gasteiger partial charge in [0.05, 0.1) is 18.6 Å². The maximum absolute atomic E-state index is 10.9. The number of aliphatic hydroxyl groups excluding tert-OH is 1. The minimum absolute atomic E-state index is 0.0231. The molecular formula is C8H14O3. The number of carbonyl (C=O) groups excluding carboxylic acids is 1. The van der Waals surface area contributed by atoms with Crippen LogP contribution in [-0.2, 0) is 9.53 Å². The molecule has 3 heteroatoms. The van der Waals surface area contributed by atoms with E-state index in [2.05, 4.69) is 0 Å². The predicted octanol–water partition coefficient (Wildman–Crippen LogP) is 0.853. The summed E-state index contributed by atoms with van der Waals surface area (Å²) in [6.07, 6.45) is 2.22. The molecule has 1 rings (SSSR count). The average molecular weight is 158 g/mol. The summed E-state index contributed by atoms with van der Waals surface area (Å²) in [5, 5.41) is 9.17. The van der Waals surface area contributed by atoms with E-state index in [-0.39, 0.29) is 18.5 Å². The maximum Gasteiger partial charge on any atom is 0.308 e. The highest BCUT2D eigenvalue weighted by Crippen LogP contribution is 2.14. The molecule has 0 amide bonds. The topological polar surface area (TPSA) is 46.5 Å². The molecule has 1 aliphatic rings. The van der Waals surface area contributed by atoms with E-state index >= 15 is 0 Å². The van der Waals surface area contributed by atoms with Gasteiger partial charge in [0.25, 0.3) is 0 Å². The van der Waals surface area contributed by atoms with Gasteiger partial charge in [-0.05, 0) is 26.2 Å². The summed E-state index contributed by atoms with van der Waals surface area (Å²) in [5.41, 5.74) is 0. The molecule has 0 saturated carbocycles. The molecule has 0 radical (unpaired) electrons. The molecule has 0 aromatic heterocycles. The van der Waals surface area contributed by atoms with Crippen molar-refractivity contribution in [2.75, 3.05) is 0 Å². The maximum atomic E-state index is 10.9. The fourth-order valence-electron chi connectivity index (χ4n) is 1.27. The van der Waals surface area contributed by atoms with E-state index in [1.807, 2.05) is 6.92 Å². The van der Waals surface area contributed by atoms with Gasteiger partial charge in [0.2, 0.25) is 0 Å². The van der Waals surface area contributed by atoms with Crippen LogP contribution in [0.5, 0.6) is 0 Å². The summed E-state index contributed by atoms with van der Waals surface area (Å²) in [4.78, 5) is 10.9. The minimum atomic E-state index is -0.491. The summed E-state index contributed by atoms with van der Waals surface area (Å²) in [7, 11) is 0. The number of cyclic esters (lactones) is 1. The Morgan fingerprint density at radius 3 is 3.00 bits per heavy atom. The van der Waals surface area contributed by atoms with Gasteiger partial charge in [0.15, 0.2) is 0 Å². The third-order valence-corrected chi connectivity index (χ3v) is 1.88. The molecule has 0 spiro atoms. The lowest BCUT2D eigenvalue weighted by molar-refractivity contribution is -0.152. The van der Waals surface area contributed by atoms with Gasteiger partial charge in [-0.15, -0.1) is 0 Å². The van der Waals surface area contributed by atoms with Gasteiger partial charge in [-0.1, -0.05) is 0 Å². The van der Waals surface area contributed by atoms with Crippen LogP contribution in [0.3, 0.4) is 0 Å². The van der Waals surface area contributed by atoms with Crippen molar-refractivity contribution in [1.29, 1.82) is 0 Å². The Hall–Kier alpha value is -0.570. The average Bonchev–Trinajstić information content (AvgIpc) is 1.83. The summed E-state index contributed by atoms with van der Waals surface area (Å²) in [6.45, 7) is 1.88. The SMILES string of the molecule is CC1CCCC(O)CC(=O)O1. The number of rotatable bonds is 0. The number of hydrogen-bond donors (Lipinski definition) is 1. The quantitative estimate of drug-likeness (QED) is 0.532. The zero-order valence-corrected chi connectivity index (χ0v) is 6.75. The Balaban J connectivity index is 2.41. The van der Waals surface area contributed by atoms with E-state index in [0.29, 0.717) is 0 Å². The predicted molar refractivity (Wildman–Crippen MR) is 40.0 cm³/mol. The van der Waals surface area contributed by atoms with E-state index in [0.717, 1.165) is 19.3 Å². The van der Waals surface area contributed by atoms with Crippen LogP contribution >= 0.6 is 0 Å². The van der Waals surface area contributed by atoms with Crippen molar-refractivity contribution in [3.63, 3.8) is 0 Å². The second-order valence-corrected chi connectivity index (χ2v) is 3.09. The monoisotopic (exact) mass is 158 g/mol. The molecule has 1 fully saturated rings. The van der Waals surface area contributed by atoms with Crippen LogP contribution in [0.4, 0.5) is 0 Å². The molecule has 2 atom stereocenters. The van der Waals surface area contributed by atoms with Gasteiger partial charge in [0.1, 0.15) is 0 Å². The lowest BCUT2D eigenvalue weighted by Crippen LogP contribution is -2.23. The lowest BCUT2D eigenvalue weighted by atomic mass is 10.1. The zero-order chi connectivity index (χ0) is 8.27. The molecule has 2 unspecified atom stereocenters. The Bertz CT molecular complexity index is 130. The molecule has 64 valence electrons. The summed E-state index contributed by atoms with van der Waals surface area (Å²) < 4.78 is 4.96. The number of esters is 1. The first-order chi connectivity index (χ1) is 5.18. The zero-order valence-electron chi connectivity index (χ0n) is 6.75. The van der Waals surface area contributed by atoms with Gasteiger partial charge in [-0.3, -0.25) is 4.79 Å². The van der Waals surface area contributed by atoms with Crippen molar-refractivity contribution in [3.8, 4) is 0 Å². The minimum Gasteiger partial charge on any atom is -0.463 e. The molecule has 0 aromatic rings. The molecule has 1 N–H and O–H groups in total. The van der Waals surface area contributed by atoms with Crippen LogP contribution in [-0.4, -0.2) is 23.3 Å². The number of aliphatic hydroxyl groups is 1. The van der Waals surface area contributed by atoms with Crippen molar-refractivity contribution in [3.05, 3.63) is 0 Å². The fourth-order valence-corrected chi connectivity index (χ4v) is 1.27. The van der Waals surface area contributed by atoms with Crippen LogP contribution in [0.15, 0.2) is 0 Å². The molecule has 11 heavy (non-hydrogen) atoms. The highest BCUT2D eigenvalue weighted by Gasteiger charge is 2.18. The van der Waals surface area contributed by atoms with Crippen molar-refractivity contribution >= 4 is 5.97 Å². The Morgan fingerprint density at radius 1 is 1.55 bits per heavy atom. The Labute approximate surface area is 66.4 Å². The van der Waals surface area contributed by atoms with Crippen LogP contribution < -0.4 is 0 Å². The molecule has 0 aromatic carbocycles. The van der Waals surface area contributed by atoms with Crippen molar-refractivity contribution in [2.24, 2.45) is 0 Å². The summed E-state index contributed by atoms with van der Waals surface area (Å²) >= 11 is 0. The fraction of sp³-hybridized carbons (Fsp3) is 0.875. The first-order valence-corrected chi connectivity index (χ1v) is 4.06. The number of carbonyl (C=O) groups is 1. The summed E-state index contributed by atoms with van der Waals surface area (Å²) in [5.74, 6) is -0.273. The van der Waals surface area contributed by atoms with E-state index in [4.69, 9.17) is 4.74 Å². The van der Waals surface area contributed by atoms with Crippen LogP contribution in [0.2, 0.25) is 0 Å². The van der Waals surface area contributed by atoms with Crippen molar-refractivity contribution < 1.29 is 14.6 Å². The van der Waals surface area contributed by atoms with Crippen LogP contribution in [0.1, 0.15) is 32.6 Å². The third-order valence-electron chi connectivity index (χ3n) is 1.88. The van der Waals surface area contributed by atoms with Gasteiger partial charge in [0, 0.05) is 0 Å². The van der Waals surface area contributed by atoms with E-state index < -0.39 is 6.10 Å². The first kappa shape index (κ1) is 8.53. The number of ether oxygens (including phenoxy) is 1. The highest BCUT2D eigenvalue weighted by molar-refractivity contribution is 5.70. The Morgan fingerprint density at radius 2 is 2.27 bits per heavy atom. The van der Waals surface area contributed by atoms with Crippen molar-refractivity contribution in [2.45, 2.75) is 44.8 Å². The highest BCUT2D eigenvalue weighted by atomic mass is 16.5. The second kappa shape index (κ2) is 3.72. The molecule has 1 saturated heterocycles. The largest absolute Gasteiger partial charge is 0.463 e. The smallest absolute Gasteiger partial charge is 0.308 e. The van der Waals surface area contributed by atoms with Crippen LogP contribution in [0, 0.1) is 0 Å². The van der Waals surface area contributed by atoms with Crippen LogP contribution in [0.25, 0.3) is 0 Å². The van der Waals surface area contributed by atoms with E-state index in [9.17, 15) is 9.90 Å². The lowest BCUT2D eigenvalue weighted by Gasteiger charge is -2.19. The third kappa shape index (κ3) is 2.89. The normalized spacial score (nSPS) is 33.8.